The van der Waals surface area contributed by atoms with Crippen LogP contribution in [0, 0.1) is 0 Å². The van der Waals surface area contributed by atoms with Crippen molar-refractivity contribution >= 4 is 27.8 Å². The maximum atomic E-state index is 13.1. The molecule has 0 bridgehead atoms. The molecule has 3 rings (SSSR count). The molecule has 0 aliphatic carbocycles. The number of aliphatic hydroxyl groups excluding tert-OH is 1. The number of esters is 1. The van der Waals surface area contributed by atoms with Crippen LogP contribution in [0.3, 0.4) is 0 Å². The lowest BCUT2D eigenvalue weighted by Gasteiger charge is -2.30. The summed E-state index contributed by atoms with van der Waals surface area (Å²) >= 11 is 3.42. The van der Waals surface area contributed by atoms with Crippen LogP contribution >= 0.6 is 15.9 Å². The van der Waals surface area contributed by atoms with Crippen LogP contribution in [0.1, 0.15) is 31.9 Å². The van der Waals surface area contributed by atoms with Crippen LogP contribution in [-0.4, -0.2) is 34.2 Å². The molecule has 1 heterocycles. The molecule has 0 aromatic heterocycles. The number of nitrogens with one attached hydrogen (secondary N) is 1. The number of carbonyl (C=O) groups is 2. The Balaban J connectivity index is 1.92. The van der Waals surface area contributed by atoms with Crippen molar-refractivity contribution in [1.82, 2.24) is 10.2 Å². The van der Waals surface area contributed by atoms with E-state index < -0.39 is 11.6 Å². The van der Waals surface area contributed by atoms with E-state index in [0.29, 0.717) is 6.54 Å². The fraction of sp³-hybridized carbons (Fsp3) is 0.280. The molecule has 2 aromatic carbocycles. The van der Waals surface area contributed by atoms with E-state index in [1.807, 2.05) is 68.4 Å². The Morgan fingerprint density at radius 1 is 1.16 bits per heavy atom. The van der Waals surface area contributed by atoms with Gasteiger partial charge in [-0.15, -0.1) is 0 Å². The molecule has 7 heteroatoms. The van der Waals surface area contributed by atoms with E-state index in [1.165, 1.54) is 6.08 Å². The van der Waals surface area contributed by atoms with Gasteiger partial charge in [0.1, 0.15) is 17.1 Å². The van der Waals surface area contributed by atoms with Crippen molar-refractivity contribution in [1.29, 1.82) is 0 Å². The minimum atomic E-state index is -0.659. The first-order chi connectivity index (χ1) is 15.2. The predicted molar refractivity (Wildman–Crippen MR) is 126 cm³/mol. The summed E-state index contributed by atoms with van der Waals surface area (Å²) < 4.78 is 6.01. The fourth-order valence-corrected chi connectivity index (χ4v) is 3.99. The summed E-state index contributed by atoms with van der Waals surface area (Å²) in [6.07, 6.45) is 1.48. The third-order valence-electron chi connectivity index (χ3n) is 5.16. The van der Waals surface area contributed by atoms with Crippen LogP contribution in [0.25, 0.3) is 0 Å². The summed E-state index contributed by atoms with van der Waals surface area (Å²) in [6.45, 7) is 6.09. The number of rotatable bonds is 7. The second kappa shape index (κ2) is 10.0. The molecule has 0 saturated carbocycles. The van der Waals surface area contributed by atoms with E-state index in [2.05, 4.69) is 21.2 Å². The van der Waals surface area contributed by atoms with Gasteiger partial charge in [0.15, 0.2) is 0 Å². The molecule has 1 aliphatic rings. The van der Waals surface area contributed by atoms with Crippen molar-refractivity contribution in [2.24, 2.45) is 0 Å². The number of aliphatic hydroxyl groups is 1. The zero-order valence-electron chi connectivity index (χ0n) is 18.4. The number of carbonyl (C=O) groups excluding carboxylic acids is 2. The Morgan fingerprint density at radius 3 is 2.50 bits per heavy atom. The highest BCUT2D eigenvalue weighted by molar-refractivity contribution is 9.10. The monoisotopic (exact) mass is 498 g/mol. The number of hydrogen-bond acceptors (Lipinski definition) is 5. The molecule has 32 heavy (non-hydrogen) atoms. The Morgan fingerprint density at radius 2 is 1.84 bits per heavy atom. The third-order valence-corrected chi connectivity index (χ3v) is 5.65. The van der Waals surface area contributed by atoms with Gasteiger partial charge in [-0.05, 0) is 44.0 Å². The average molecular weight is 499 g/mol. The van der Waals surface area contributed by atoms with Gasteiger partial charge in [0, 0.05) is 23.5 Å². The molecule has 1 saturated heterocycles. The molecule has 6 nitrogen and oxygen atoms in total. The van der Waals surface area contributed by atoms with Gasteiger partial charge >= 0.3 is 5.97 Å². The van der Waals surface area contributed by atoms with Gasteiger partial charge in [0.05, 0.1) is 12.2 Å². The average Bonchev–Trinajstić information content (AvgIpc) is 2.95. The number of benzene rings is 2. The Bertz CT molecular complexity index is 1060. The van der Waals surface area contributed by atoms with Gasteiger partial charge in [-0.2, -0.15) is 0 Å². The lowest BCUT2D eigenvalue weighted by molar-refractivity contribution is -0.138. The van der Waals surface area contributed by atoms with Crippen molar-refractivity contribution in [2.45, 2.75) is 39.4 Å². The summed E-state index contributed by atoms with van der Waals surface area (Å²) in [6, 6.07) is 17.1. The van der Waals surface area contributed by atoms with Gasteiger partial charge in [0.25, 0.3) is 5.91 Å². The molecule has 0 radical (unpaired) electrons. The number of allylic oxidation sites excluding steroid dienone is 1. The van der Waals surface area contributed by atoms with Gasteiger partial charge in [0.2, 0.25) is 0 Å². The highest BCUT2D eigenvalue weighted by Crippen LogP contribution is 2.27. The maximum Gasteiger partial charge on any atom is 0.338 e. The van der Waals surface area contributed by atoms with Crippen LogP contribution in [-0.2, 0) is 27.3 Å². The lowest BCUT2D eigenvalue weighted by Crippen LogP contribution is -2.46. The topological polar surface area (TPSA) is 78.9 Å². The van der Waals surface area contributed by atoms with Crippen molar-refractivity contribution < 1.29 is 19.4 Å². The second-order valence-electron chi connectivity index (χ2n) is 8.01. The van der Waals surface area contributed by atoms with Gasteiger partial charge in [-0.1, -0.05) is 58.4 Å². The van der Waals surface area contributed by atoms with Crippen molar-refractivity contribution in [3.05, 3.63) is 93.3 Å². The lowest BCUT2D eigenvalue weighted by atomic mass is 10.0. The van der Waals surface area contributed by atoms with E-state index in [0.717, 1.165) is 15.6 Å². The minimum Gasteiger partial charge on any atom is -0.507 e. The molecule has 2 aromatic rings. The molecule has 1 fully saturated rings. The molecule has 0 spiro atoms. The molecular formula is C25H27BrN2O4. The SMILES string of the molecule is CCOC(=O)/C(Cc1cccc(Br)c1)=C(O)/C=C1\NC(C)(C)N(Cc2ccccc2)C1=O. The molecule has 0 unspecified atom stereocenters. The summed E-state index contributed by atoms with van der Waals surface area (Å²) in [4.78, 5) is 27.4. The number of nitrogens with zero attached hydrogens (tertiary/aromatic N) is 1. The first-order valence-electron chi connectivity index (χ1n) is 10.4. The number of halogens is 1. The van der Waals surface area contributed by atoms with Crippen LogP contribution in [0.15, 0.2) is 82.2 Å². The molecule has 0 atom stereocenters. The molecular weight excluding hydrogens is 472 g/mol. The quantitative estimate of drug-likeness (QED) is 0.330. The zero-order chi connectivity index (χ0) is 23.3. The number of amides is 1. The first-order valence-corrected chi connectivity index (χ1v) is 11.2. The van der Waals surface area contributed by atoms with E-state index in [4.69, 9.17) is 4.74 Å². The standard InChI is InChI=1S/C25H27BrN2O4/c1-4-32-24(31)20(14-18-11-8-12-19(26)13-18)22(29)15-21-23(30)28(25(2,3)27-21)16-17-9-6-5-7-10-17/h5-13,15,27,29H,4,14,16H2,1-3H3/b21-15-,22-20-. The smallest absolute Gasteiger partial charge is 0.338 e. The molecule has 168 valence electrons. The Kier molecular flexibility index (Phi) is 7.40. The van der Waals surface area contributed by atoms with Gasteiger partial charge in [-0.25, -0.2) is 4.79 Å². The summed E-state index contributed by atoms with van der Waals surface area (Å²) in [5.41, 5.74) is 1.47. The van der Waals surface area contributed by atoms with E-state index in [-0.39, 0.29) is 36.0 Å². The van der Waals surface area contributed by atoms with Crippen LogP contribution in [0.2, 0.25) is 0 Å². The predicted octanol–water partition coefficient (Wildman–Crippen LogP) is 4.62. The maximum absolute atomic E-state index is 13.1. The highest BCUT2D eigenvalue weighted by Gasteiger charge is 2.41. The number of ether oxygens (including phenoxy) is 1. The Hall–Kier alpha value is -3.06. The molecule has 2 N–H and O–H groups in total. The second-order valence-corrected chi connectivity index (χ2v) is 8.93. The van der Waals surface area contributed by atoms with E-state index in [1.54, 1.807) is 11.8 Å². The largest absolute Gasteiger partial charge is 0.507 e. The van der Waals surface area contributed by atoms with Crippen molar-refractivity contribution in [3.8, 4) is 0 Å². The summed E-state index contributed by atoms with van der Waals surface area (Å²) in [5, 5.41) is 14.0. The summed E-state index contributed by atoms with van der Waals surface area (Å²) in [5.74, 6) is -1.17. The van der Waals surface area contributed by atoms with Gasteiger partial charge < -0.3 is 20.1 Å². The fourth-order valence-electron chi connectivity index (χ4n) is 3.54. The minimum absolute atomic E-state index is 0.0892. The molecule has 1 aliphatic heterocycles. The van der Waals surface area contributed by atoms with Crippen LogP contribution in [0.5, 0.6) is 0 Å². The third kappa shape index (κ3) is 5.59. The van der Waals surface area contributed by atoms with Crippen LogP contribution < -0.4 is 5.32 Å². The van der Waals surface area contributed by atoms with Gasteiger partial charge in [-0.3, -0.25) is 4.79 Å². The van der Waals surface area contributed by atoms with Crippen LogP contribution in [0.4, 0.5) is 0 Å². The first kappa shape index (κ1) is 23.6. The summed E-state index contributed by atoms with van der Waals surface area (Å²) in [7, 11) is 0. The highest BCUT2D eigenvalue weighted by atomic mass is 79.9. The van der Waals surface area contributed by atoms with E-state index in [9.17, 15) is 14.7 Å². The van der Waals surface area contributed by atoms with E-state index >= 15 is 0 Å². The van der Waals surface area contributed by atoms with Crippen molar-refractivity contribution in [3.63, 3.8) is 0 Å². The van der Waals surface area contributed by atoms with Crippen molar-refractivity contribution in [2.75, 3.05) is 6.61 Å². The molecule has 1 amide bonds. The normalized spacial score (nSPS) is 17.2. The Labute approximate surface area is 196 Å². The zero-order valence-corrected chi connectivity index (χ0v) is 20.0. The number of hydrogen-bond donors (Lipinski definition) is 2.